The van der Waals surface area contributed by atoms with E-state index in [0.717, 1.165) is 5.52 Å². The fourth-order valence-electron chi connectivity index (χ4n) is 1.37. The average Bonchev–Trinajstić information content (AvgIpc) is 2.31. The van der Waals surface area contributed by atoms with Gasteiger partial charge in [0, 0.05) is 13.7 Å². The minimum absolute atomic E-state index is 0.475. The molecule has 1 aromatic heterocycles. The van der Waals surface area contributed by atoms with E-state index in [1.54, 1.807) is 25.4 Å². The number of hydrogen-bond donors (Lipinski definition) is 1. The van der Waals surface area contributed by atoms with Gasteiger partial charge in [0.2, 0.25) is 0 Å². The van der Waals surface area contributed by atoms with Crippen LogP contribution in [0.1, 0.15) is 0 Å². The number of ether oxygens (including phenoxy) is 1. The van der Waals surface area contributed by atoms with Crippen LogP contribution in [0.3, 0.4) is 0 Å². The Morgan fingerprint density at radius 3 is 2.65 bits per heavy atom. The van der Waals surface area contributed by atoms with Gasteiger partial charge in [0.15, 0.2) is 0 Å². The van der Waals surface area contributed by atoms with Crippen molar-refractivity contribution in [2.75, 3.05) is 25.6 Å². The van der Waals surface area contributed by atoms with Crippen molar-refractivity contribution < 1.29 is 4.74 Å². The molecule has 17 heavy (non-hydrogen) atoms. The summed E-state index contributed by atoms with van der Waals surface area (Å²) >= 11 is 11.8. The van der Waals surface area contributed by atoms with Crippen LogP contribution in [0.15, 0.2) is 18.3 Å². The van der Waals surface area contributed by atoms with Crippen LogP contribution >= 0.6 is 23.2 Å². The number of anilines is 1. The van der Waals surface area contributed by atoms with Crippen LogP contribution in [0.5, 0.6) is 0 Å². The molecule has 0 radical (unpaired) electrons. The predicted molar refractivity (Wildman–Crippen MR) is 69.9 cm³/mol. The number of benzene rings is 1. The van der Waals surface area contributed by atoms with Gasteiger partial charge >= 0.3 is 0 Å². The van der Waals surface area contributed by atoms with Crippen LogP contribution in [0.25, 0.3) is 11.0 Å². The van der Waals surface area contributed by atoms with Gasteiger partial charge in [-0.15, -0.1) is 0 Å². The van der Waals surface area contributed by atoms with Crippen molar-refractivity contribution in [1.29, 1.82) is 0 Å². The SMILES string of the molecule is COCCNc1cnc2cc(Cl)c(Cl)cc2n1. The highest BCUT2D eigenvalue weighted by atomic mass is 35.5. The van der Waals surface area contributed by atoms with E-state index in [9.17, 15) is 0 Å². The van der Waals surface area contributed by atoms with Crippen LogP contribution in [-0.2, 0) is 4.74 Å². The Hall–Kier alpha value is -1.10. The van der Waals surface area contributed by atoms with Gasteiger partial charge in [0.05, 0.1) is 33.9 Å². The lowest BCUT2D eigenvalue weighted by molar-refractivity contribution is 0.210. The monoisotopic (exact) mass is 271 g/mol. The fourth-order valence-corrected chi connectivity index (χ4v) is 1.69. The normalized spacial score (nSPS) is 10.8. The smallest absolute Gasteiger partial charge is 0.145 e. The number of methoxy groups -OCH3 is 1. The summed E-state index contributed by atoms with van der Waals surface area (Å²) in [6.07, 6.45) is 1.65. The van der Waals surface area contributed by atoms with Gasteiger partial charge in [-0.05, 0) is 12.1 Å². The van der Waals surface area contributed by atoms with Crippen LogP contribution < -0.4 is 5.32 Å². The Morgan fingerprint density at radius 2 is 1.94 bits per heavy atom. The van der Waals surface area contributed by atoms with E-state index in [4.69, 9.17) is 27.9 Å². The van der Waals surface area contributed by atoms with Crippen molar-refractivity contribution >= 4 is 40.1 Å². The zero-order valence-electron chi connectivity index (χ0n) is 9.20. The predicted octanol–water partition coefficient (Wildman–Crippen LogP) is 2.99. The molecule has 0 atom stereocenters. The van der Waals surface area contributed by atoms with Crippen LogP contribution in [0, 0.1) is 0 Å². The number of rotatable bonds is 4. The zero-order valence-corrected chi connectivity index (χ0v) is 10.7. The molecule has 0 spiro atoms. The molecule has 0 unspecified atom stereocenters. The van der Waals surface area contributed by atoms with Gasteiger partial charge in [-0.1, -0.05) is 23.2 Å². The maximum Gasteiger partial charge on any atom is 0.145 e. The quantitative estimate of drug-likeness (QED) is 0.869. The summed E-state index contributed by atoms with van der Waals surface area (Å²) < 4.78 is 4.94. The topological polar surface area (TPSA) is 47.0 Å². The van der Waals surface area contributed by atoms with Crippen LogP contribution in [-0.4, -0.2) is 30.2 Å². The van der Waals surface area contributed by atoms with Gasteiger partial charge in [-0.2, -0.15) is 0 Å². The molecule has 0 fully saturated rings. The molecule has 1 aromatic carbocycles. The maximum absolute atomic E-state index is 5.93. The van der Waals surface area contributed by atoms with E-state index in [1.165, 1.54) is 0 Å². The number of nitrogens with zero attached hydrogens (tertiary/aromatic N) is 2. The van der Waals surface area contributed by atoms with E-state index < -0.39 is 0 Å². The maximum atomic E-state index is 5.93. The minimum atomic E-state index is 0.475. The van der Waals surface area contributed by atoms with Crippen LogP contribution in [0.2, 0.25) is 10.0 Å². The first-order chi connectivity index (χ1) is 8.20. The zero-order chi connectivity index (χ0) is 12.3. The first-order valence-electron chi connectivity index (χ1n) is 5.05. The third-order valence-corrected chi connectivity index (χ3v) is 2.92. The molecule has 4 nitrogen and oxygen atoms in total. The number of fused-ring (bicyclic) bond motifs is 1. The summed E-state index contributed by atoms with van der Waals surface area (Å²) in [4.78, 5) is 8.63. The van der Waals surface area contributed by atoms with Gasteiger partial charge in [0.25, 0.3) is 0 Å². The molecular weight excluding hydrogens is 261 g/mol. The molecule has 6 heteroatoms. The second kappa shape index (κ2) is 5.49. The van der Waals surface area contributed by atoms with E-state index >= 15 is 0 Å². The lowest BCUT2D eigenvalue weighted by Crippen LogP contribution is -2.09. The average molecular weight is 272 g/mol. The number of nitrogens with one attached hydrogen (secondary N) is 1. The van der Waals surface area contributed by atoms with E-state index in [-0.39, 0.29) is 0 Å². The lowest BCUT2D eigenvalue weighted by Gasteiger charge is -2.06. The van der Waals surface area contributed by atoms with Gasteiger partial charge in [-0.3, -0.25) is 4.98 Å². The third-order valence-electron chi connectivity index (χ3n) is 2.20. The highest BCUT2D eigenvalue weighted by molar-refractivity contribution is 6.42. The number of aromatic nitrogens is 2. The van der Waals surface area contributed by atoms with Crippen molar-refractivity contribution in [2.45, 2.75) is 0 Å². The first-order valence-corrected chi connectivity index (χ1v) is 5.81. The minimum Gasteiger partial charge on any atom is -0.383 e. The second-order valence-corrected chi connectivity index (χ2v) is 4.24. The highest BCUT2D eigenvalue weighted by Gasteiger charge is 2.04. The molecule has 0 saturated carbocycles. The molecule has 1 N–H and O–H groups in total. The van der Waals surface area contributed by atoms with E-state index in [2.05, 4.69) is 15.3 Å². The second-order valence-electron chi connectivity index (χ2n) is 3.43. The molecule has 0 aliphatic carbocycles. The van der Waals surface area contributed by atoms with Gasteiger partial charge in [0.1, 0.15) is 5.82 Å². The fraction of sp³-hybridized carbons (Fsp3) is 0.273. The molecule has 0 aliphatic heterocycles. The van der Waals surface area contributed by atoms with E-state index in [0.29, 0.717) is 34.5 Å². The molecule has 1 heterocycles. The molecule has 90 valence electrons. The first kappa shape index (κ1) is 12.4. The molecule has 0 amide bonds. The van der Waals surface area contributed by atoms with Crippen molar-refractivity contribution in [3.8, 4) is 0 Å². The van der Waals surface area contributed by atoms with Gasteiger partial charge in [-0.25, -0.2) is 4.98 Å². The van der Waals surface area contributed by atoms with Crippen molar-refractivity contribution in [3.63, 3.8) is 0 Å². The molecule has 2 aromatic rings. The summed E-state index contributed by atoms with van der Waals surface area (Å²) in [5.41, 5.74) is 1.43. The summed E-state index contributed by atoms with van der Waals surface area (Å²) in [6.45, 7) is 1.29. The number of halogens is 2. The Labute approximate surface area is 109 Å². The molecule has 2 rings (SSSR count). The lowest BCUT2D eigenvalue weighted by atomic mass is 10.3. The van der Waals surface area contributed by atoms with Crippen LogP contribution in [0.4, 0.5) is 5.82 Å². The van der Waals surface area contributed by atoms with E-state index in [1.807, 2.05) is 0 Å². The van der Waals surface area contributed by atoms with Crippen molar-refractivity contribution in [2.24, 2.45) is 0 Å². The Balaban J connectivity index is 2.27. The largest absolute Gasteiger partial charge is 0.383 e. The Morgan fingerprint density at radius 1 is 1.24 bits per heavy atom. The van der Waals surface area contributed by atoms with Crippen molar-refractivity contribution in [3.05, 3.63) is 28.4 Å². The highest BCUT2D eigenvalue weighted by Crippen LogP contribution is 2.26. The molecular formula is C11H11Cl2N3O. The summed E-state index contributed by atoms with van der Waals surface area (Å²) in [5, 5.41) is 4.05. The summed E-state index contributed by atoms with van der Waals surface area (Å²) in [5.74, 6) is 0.688. The van der Waals surface area contributed by atoms with Crippen molar-refractivity contribution in [1.82, 2.24) is 9.97 Å². The molecule has 0 saturated heterocycles. The molecule has 0 bridgehead atoms. The summed E-state index contributed by atoms with van der Waals surface area (Å²) in [7, 11) is 1.65. The third kappa shape index (κ3) is 2.97. The Bertz CT molecular complexity index is 533. The number of hydrogen-bond acceptors (Lipinski definition) is 4. The summed E-state index contributed by atoms with van der Waals surface area (Å²) in [6, 6.07) is 3.40. The van der Waals surface area contributed by atoms with Gasteiger partial charge < -0.3 is 10.1 Å². The Kier molecular flexibility index (Phi) is 3.99. The molecule has 0 aliphatic rings. The standard InChI is InChI=1S/C11H11Cl2N3O/c1-17-3-2-14-11-6-15-9-4-7(12)8(13)5-10(9)16-11/h4-6H,2-3H2,1H3,(H,14,16).